The molecule has 0 aromatic heterocycles. The summed E-state index contributed by atoms with van der Waals surface area (Å²) in [6.45, 7) is 2.70. The van der Waals surface area contributed by atoms with Crippen molar-refractivity contribution in [2.24, 2.45) is 5.92 Å². The Labute approximate surface area is 107 Å². The Kier molecular flexibility index (Phi) is 4.16. The number of hydrogen-bond acceptors (Lipinski definition) is 3. The van der Waals surface area contributed by atoms with Crippen molar-refractivity contribution in [3.63, 3.8) is 0 Å². The maximum Gasteiger partial charge on any atom is 0.166 e. The Morgan fingerprint density at radius 2 is 2.17 bits per heavy atom. The zero-order valence-corrected chi connectivity index (χ0v) is 10.5. The molecule has 1 fully saturated rings. The molecule has 18 heavy (non-hydrogen) atoms. The Bertz CT molecular complexity index is 448. The van der Waals surface area contributed by atoms with E-state index in [0.29, 0.717) is 18.1 Å². The zero-order chi connectivity index (χ0) is 13.0. The zero-order valence-electron chi connectivity index (χ0n) is 10.5. The highest BCUT2D eigenvalue weighted by Gasteiger charge is 2.17. The molecule has 1 aliphatic heterocycles. The number of hydrogen-bond donors (Lipinski definition) is 0. The van der Waals surface area contributed by atoms with Gasteiger partial charge in [-0.3, -0.25) is 0 Å². The van der Waals surface area contributed by atoms with Crippen molar-refractivity contribution in [3.8, 4) is 11.8 Å². The smallest absolute Gasteiger partial charge is 0.166 e. The van der Waals surface area contributed by atoms with Gasteiger partial charge in [0, 0.05) is 0 Å². The Morgan fingerprint density at radius 3 is 2.78 bits per heavy atom. The van der Waals surface area contributed by atoms with Crippen LogP contribution in [0.5, 0.6) is 5.75 Å². The summed E-state index contributed by atoms with van der Waals surface area (Å²) in [5, 5.41) is 8.65. The van der Waals surface area contributed by atoms with E-state index in [4.69, 9.17) is 10.00 Å². The fourth-order valence-corrected chi connectivity index (χ4v) is 2.12. The van der Waals surface area contributed by atoms with Gasteiger partial charge in [-0.05, 0) is 57.1 Å². The molecule has 4 heteroatoms. The molecular formula is C14H17FN2O. The highest BCUT2D eigenvalue weighted by molar-refractivity contribution is 5.35. The van der Waals surface area contributed by atoms with Crippen molar-refractivity contribution >= 4 is 0 Å². The monoisotopic (exact) mass is 248 g/mol. The van der Waals surface area contributed by atoms with Crippen LogP contribution in [0.15, 0.2) is 18.2 Å². The van der Waals surface area contributed by atoms with Crippen LogP contribution in [0, 0.1) is 23.1 Å². The number of halogens is 1. The summed E-state index contributed by atoms with van der Waals surface area (Å²) < 4.78 is 19.1. The van der Waals surface area contributed by atoms with E-state index >= 15 is 0 Å². The van der Waals surface area contributed by atoms with Gasteiger partial charge in [-0.1, -0.05) is 0 Å². The van der Waals surface area contributed by atoms with Gasteiger partial charge in [0.1, 0.15) is 0 Å². The first-order valence-electron chi connectivity index (χ1n) is 6.20. The van der Waals surface area contributed by atoms with Crippen molar-refractivity contribution in [1.82, 2.24) is 4.90 Å². The van der Waals surface area contributed by atoms with E-state index in [0.717, 1.165) is 25.9 Å². The predicted molar refractivity (Wildman–Crippen MR) is 66.8 cm³/mol. The molecule has 0 spiro atoms. The topological polar surface area (TPSA) is 36.3 Å². The predicted octanol–water partition coefficient (Wildman–Crippen LogP) is 2.42. The van der Waals surface area contributed by atoms with E-state index < -0.39 is 5.82 Å². The van der Waals surface area contributed by atoms with E-state index in [9.17, 15) is 4.39 Å². The summed E-state index contributed by atoms with van der Waals surface area (Å²) >= 11 is 0. The Balaban J connectivity index is 1.89. The number of benzene rings is 1. The van der Waals surface area contributed by atoms with Crippen LogP contribution in [-0.2, 0) is 0 Å². The van der Waals surface area contributed by atoms with Gasteiger partial charge in [0.25, 0.3) is 0 Å². The highest BCUT2D eigenvalue weighted by atomic mass is 19.1. The Morgan fingerprint density at radius 1 is 1.44 bits per heavy atom. The van der Waals surface area contributed by atoms with Gasteiger partial charge in [-0.25, -0.2) is 4.39 Å². The molecule has 0 amide bonds. The third-order valence-corrected chi connectivity index (χ3v) is 3.37. The molecule has 1 heterocycles. The van der Waals surface area contributed by atoms with Crippen LogP contribution in [-0.4, -0.2) is 31.6 Å². The second kappa shape index (κ2) is 5.83. The standard InChI is InChI=1S/C14H17FN2O/c1-17-6-4-11(5-7-17)10-18-14-3-2-12(9-16)8-13(14)15/h2-3,8,11H,4-7,10H2,1H3. The molecule has 96 valence electrons. The van der Waals surface area contributed by atoms with E-state index in [1.807, 2.05) is 6.07 Å². The SMILES string of the molecule is CN1CCC(COc2ccc(C#N)cc2F)CC1. The number of nitriles is 1. The van der Waals surface area contributed by atoms with Crippen LogP contribution in [0.2, 0.25) is 0 Å². The molecule has 0 radical (unpaired) electrons. The van der Waals surface area contributed by atoms with Crippen LogP contribution < -0.4 is 4.74 Å². The van der Waals surface area contributed by atoms with E-state index in [1.165, 1.54) is 12.1 Å². The maximum absolute atomic E-state index is 13.6. The normalized spacial score (nSPS) is 17.4. The molecule has 0 bridgehead atoms. The molecular weight excluding hydrogens is 231 g/mol. The second-order valence-corrected chi connectivity index (χ2v) is 4.81. The molecule has 0 aliphatic carbocycles. The fraction of sp³-hybridized carbons (Fsp3) is 0.500. The minimum atomic E-state index is -0.457. The summed E-state index contributed by atoms with van der Waals surface area (Å²) in [7, 11) is 2.11. The first kappa shape index (κ1) is 12.8. The van der Waals surface area contributed by atoms with Gasteiger partial charge in [0.15, 0.2) is 11.6 Å². The van der Waals surface area contributed by atoms with Crippen LogP contribution in [0.4, 0.5) is 4.39 Å². The first-order chi connectivity index (χ1) is 8.69. The van der Waals surface area contributed by atoms with Crippen LogP contribution in [0.25, 0.3) is 0 Å². The van der Waals surface area contributed by atoms with E-state index in [1.54, 1.807) is 6.07 Å². The number of nitrogens with zero attached hydrogens (tertiary/aromatic N) is 2. The molecule has 0 unspecified atom stereocenters. The van der Waals surface area contributed by atoms with Crippen molar-refractivity contribution < 1.29 is 9.13 Å². The third kappa shape index (κ3) is 3.21. The van der Waals surface area contributed by atoms with Gasteiger partial charge >= 0.3 is 0 Å². The van der Waals surface area contributed by atoms with Crippen molar-refractivity contribution in [1.29, 1.82) is 5.26 Å². The van der Waals surface area contributed by atoms with E-state index in [-0.39, 0.29) is 5.75 Å². The minimum absolute atomic E-state index is 0.243. The first-order valence-corrected chi connectivity index (χ1v) is 6.20. The van der Waals surface area contributed by atoms with Gasteiger partial charge in [-0.2, -0.15) is 5.26 Å². The molecule has 0 saturated carbocycles. The van der Waals surface area contributed by atoms with Crippen molar-refractivity contribution in [2.75, 3.05) is 26.7 Å². The lowest BCUT2D eigenvalue weighted by atomic mass is 9.98. The lowest BCUT2D eigenvalue weighted by molar-refractivity contribution is 0.157. The molecule has 2 rings (SSSR count). The number of likely N-dealkylation sites (tertiary alicyclic amines) is 1. The lowest BCUT2D eigenvalue weighted by Crippen LogP contribution is -2.32. The summed E-state index contributed by atoms with van der Waals surface area (Å²) in [6, 6.07) is 6.22. The summed E-state index contributed by atoms with van der Waals surface area (Å²) in [5.74, 6) is 0.283. The quantitative estimate of drug-likeness (QED) is 0.824. The summed E-state index contributed by atoms with van der Waals surface area (Å²) in [6.07, 6.45) is 2.18. The summed E-state index contributed by atoms with van der Waals surface area (Å²) in [5.41, 5.74) is 0.319. The average molecular weight is 248 g/mol. The van der Waals surface area contributed by atoms with E-state index in [2.05, 4.69) is 11.9 Å². The van der Waals surface area contributed by atoms with Crippen LogP contribution in [0.3, 0.4) is 0 Å². The molecule has 1 aromatic carbocycles. The molecule has 1 aliphatic rings. The Hall–Kier alpha value is -1.60. The van der Waals surface area contributed by atoms with Crippen LogP contribution in [0.1, 0.15) is 18.4 Å². The molecule has 0 atom stereocenters. The van der Waals surface area contributed by atoms with Gasteiger partial charge in [-0.15, -0.1) is 0 Å². The fourth-order valence-electron chi connectivity index (χ4n) is 2.12. The second-order valence-electron chi connectivity index (χ2n) is 4.81. The van der Waals surface area contributed by atoms with Gasteiger partial charge in [0.05, 0.1) is 18.2 Å². The maximum atomic E-state index is 13.6. The number of rotatable bonds is 3. The summed E-state index contributed by atoms with van der Waals surface area (Å²) in [4.78, 5) is 2.29. The molecule has 1 aromatic rings. The number of piperidine rings is 1. The van der Waals surface area contributed by atoms with Crippen molar-refractivity contribution in [2.45, 2.75) is 12.8 Å². The molecule has 1 saturated heterocycles. The number of ether oxygens (including phenoxy) is 1. The third-order valence-electron chi connectivity index (χ3n) is 3.37. The highest BCUT2D eigenvalue weighted by Crippen LogP contribution is 2.21. The largest absolute Gasteiger partial charge is 0.490 e. The lowest BCUT2D eigenvalue weighted by Gasteiger charge is -2.28. The van der Waals surface area contributed by atoms with Crippen LogP contribution >= 0.6 is 0 Å². The molecule has 0 N–H and O–H groups in total. The molecule has 3 nitrogen and oxygen atoms in total. The van der Waals surface area contributed by atoms with Gasteiger partial charge < -0.3 is 9.64 Å². The minimum Gasteiger partial charge on any atom is -0.490 e. The van der Waals surface area contributed by atoms with Crippen molar-refractivity contribution in [3.05, 3.63) is 29.6 Å². The average Bonchev–Trinajstić information content (AvgIpc) is 2.39. The van der Waals surface area contributed by atoms with Gasteiger partial charge in [0.2, 0.25) is 0 Å².